The van der Waals surface area contributed by atoms with E-state index in [1.54, 1.807) is 7.11 Å². The van der Waals surface area contributed by atoms with Crippen molar-refractivity contribution in [1.29, 1.82) is 0 Å². The van der Waals surface area contributed by atoms with Crippen LogP contribution < -0.4 is 5.32 Å². The highest BCUT2D eigenvalue weighted by molar-refractivity contribution is 4.86. The molecular weight excluding hydrogens is 214 g/mol. The van der Waals surface area contributed by atoms with Gasteiger partial charge in [0.1, 0.15) is 0 Å². The quantitative estimate of drug-likeness (QED) is 0.631. The maximum absolute atomic E-state index is 5.50. The molecule has 0 bridgehead atoms. The van der Waals surface area contributed by atoms with Crippen molar-refractivity contribution in [2.75, 3.05) is 33.5 Å². The fraction of sp³-hybridized carbons (Fsp3) is 1.00. The molecule has 1 N–H and O–H groups in total. The van der Waals surface area contributed by atoms with Crippen LogP contribution in [-0.4, -0.2) is 39.5 Å². The van der Waals surface area contributed by atoms with Crippen LogP contribution in [0, 0.1) is 11.8 Å². The molecule has 0 aliphatic heterocycles. The molecule has 17 heavy (non-hydrogen) atoms. The third-order valence-electron chi connectivity index (χ3n) is 3.99. The van der Waals surface area contributed by atoms with E-state index in [2.05, 4.69) is 19.2 Å². The lowest BCUT2D eigenvalue weighted by Gasteiger charge is -2.21. The van der Waals surface area contributed by atoms with E-state index >= 15 is 0 Å². The van der Waals surface area contributed by atoms with Crippen molar-refractivity contribution < 1.29 is 9.47 Å². The van der Waals surface area contributed by atoms with Crippen molar-refractivity contribution in [3.05, 3.63) is 0 Å². The largest absolute Gasteiger partial charge is 0.382 e. The monoisotopic (exact) mass is 243 g/mol. The van der Waals surface area contributed by atoms with Crippen LogP contribution in [0.2, 0.25) is 0 Å². The lowest BCUT2D eigenvalue weighted by molar-refractivity contribution is 0.0665. The second kappa shape index (κ2) is 8.90. The number of hydrogen-bond acceptors (Lipinski definition) is 3. The molecule has 3 atom stereocenters. The zero-order valence-electron chi connectivity index (χ0n) is 11.7. The van der Waals surface area contributed by atoms with Crippen molar-refractivity contribution in [3.63, 3.8) is 0 Å². The highest BCUT2D eigenvalue weighted by Crippen LogP contribution is 2.34. The first-order valence-electron chi connectivity index (χ1n) is 7.09. The molecule has 0 aromatic carbocycles. The van der Waals surface area contributed by atoms with Crippen LogP contribution in [0.4, 0.5) is 0 Å². The van der Waals surface area contributed by atoms with Crippen LogP contribution in [-0.2, 0) is 9.47 Å². The first-order chi connectivity index (χ1) is 8.29. The van der Waals surface area contributed by atoms with Gasteiger partial charge >= 0.3 is 0 Å². The molecule has 0 radical (unpaired) electrons. The normalized spacial score (nSPS) is 28.8. The molecule has 3 heteroatoms. The molecule has 1 fully saturated rings. The molecule has 3 nitrogen and oxygen atoms in total. The summed E-state index contributed by atoms with van der Waals surface area (Å²) < 4.78 is 10.4. The highest BCUT2D eigenvalue weighted by atomic mass is 16.5. The Balaban J connectivity index is 2.04. The topological polar surface area (TPSA) is 30.5 Å². The second-order valence-electron chi connectivity index (χ2n) is 5.11. The maximum Gasteiger partial charge on any atom is 0.0700 e. The van der Waals surface area contributed by atoms with Crippen LogP contribution in [0.5, 0.6) is 0 Å². The van der Waals surface area contributed by atoms with Gasteiger partial charge in [0.15, 0.2) is 0 Å². The van der Waals surface area contributed by atoms with Gasteiger partial charge in [-0.25, -0.2) is 0 Å². The molecule has 0 saturated heterocycles. The predicted molar refractivity (Wildman–Crippen MR) is 71.3 cm³/mol. The lowest BCUT2D eigenvalue weighted by atomic mass is 9.91. The predicted octanol–water partition coefficient (Wildman–Crippen LogP) is 2.45. The molecule has 3 unspecified atom stereocenters. The fourth-order valence-electron chi connectivity index (χ4n) is 2.90. The average Bonchev–Trinajstić information content (AvgIpc) is 2.67. The number of hydrogen-bond donors (Lipinski definition) is 1. The number of nitrogens with one attached hydrogen (secondary N) is 1. The summed E-state index contributed by atoms with van der Waals surface area (Å²) in [6, 6.07) is 0.749. The average molecular weight is 243 g/mol. The van der Waals surface area contributed by atoms with E-state index in [9.17, 15) is 0 Å². The summed E-state index contributed by atoms with van der Waals surface area (Å²) in [5.74, 6) is 1.72. The first kappa shape index (κ1) is 14.9. The Hall–Kier alpha value is -0.120. The van der Waals surface area contributed by atoms with Crippen LogP contribution in [0.3, 0.4) is 0 Å². The van der Waals surface area contributed by atoms with Gasteiger partial charge in [0.05, 0.1) is 13.2 Å². The Bertz CT molecular complexity index is 187. The summed E-state index contributed by atoms with van der Waals surface area (Å²) >= 11 is 0. The standard InChI is InChI=1S/C14H29NO2/c1-4-15-14-8-7-13(12(14)2)6-5-9-17-11-10-16-3/h12-15H,4-11H2,1-3H3. The number of methoxy groups -OCH3 is 1. The summed E-state index contributed by atoms with van der Waals surface area (Å²) in [6.45, 7) is 8.03. The zero-order valence-corrected chi connectivity index (χ0v) is 11.7. The van der Waals surface area contributed by atoms with Crippen molar-refractivity contribution in [1.82, 2.24) is 5.32 Å². The number of ether oxygens (including phenoxy) is 2. The van der Waals surface area contributed by atoms with Gasteiger partial charge in [-0.1, -0.05) is 13.8 Å². The van der Waals surface area contributed by atoms with Crippen LogP contribution in [0.15, 0.2) is 0 Å². The summed E-state index contributed by atoms with van der Waals surface area (Å²) in [5, 5.41) is 3.59. The molecule has 0 spiro atoms. The number of rotatable bonds is 9. The van der Waals surface area contributed by atoms with Gasteiger partial charge in [-0.2, -0.15) is 0 Å². The van der Waals surface area contributed by atoms with Crippen molar-refractivity contribution in [2.24, 2.45) is 11.8 Å². The zero-order chi connectivity index (χ0) is 12.5. The maximum atomic E-state index is 5.50. The van der Waals surface area contributed by atoms with Crippen LogP contribution in [0.25, 0.3) is 0 Å². The summed E-state index contributed by atoms with van der Waals surface area (Å²) in [5.41, 5.74) is 0. The van der Waals surface area contributed by atoms with Crippen molar-refractivity contribution >= 4 is 0 Å². The molecule has 1 saturated carbocycles. The van der Waals surface area contributed by atoms with Gasteiger partial charge in [-0.05, 0) is 44.1 Å². The van der Waals surface area contributed by atoms with E-state index < -0.39 is 0 Å². The van der Waals surface area contributed by atoms with Gasteiger partial charge in [0, 0.05) is 19.8 Å². The minimum absolute atomic E-state index is 0.711. The molecule has 0 aromatic rings. The Morgan fingerprint density at radius 3 is 2.71 bits per heavy atom. The third-order valence-corrected chi connectivity index (χ3v) is 3.99. The Morgan fingerprint density at radius 1 is 1.18 bits per heavy atom. The van der Waals surface area contributed by atoms with Gasteiger partial charge in [-0.3, -0.25) is 0 Å². The van der Waals surface area contributed by atoms with E-state index in [4.69, 9.17) is 9.47 Å². The molecule has 102 valence electrons. The molecule has 1 aliphatic carbocycles. The van der Waals surface area contributed by atoms with Crippen molar-refractivity contribution in [3.8, 4) is 0 Å². The molecular formula is C14H29NO2. The molecule has 0 heterocycles. The molecule has 0 aromatic heterocycles. The Kier molecular flexibility index (Phi) is 7.82. The fourth-order valence-corrected chi connectivity index (χ4v) is 2.90. The van der Waals surface area contributed by atoms with E-state index in [0.717, 1.165) is 37.6 Å². The second-order valence-corrected chi connectivity index (χ2v) is 5.11. The molecule has 1 rings (SSSR count). The molecule has 0 amide bonds. The van der Waals surface area contributed by atoms with Gasteiger partial charge in [-0.15, -0.1) is 0 Å². The Morgan fingerprint density at radius 2 is 2.00 bits per heavy atom. The van der Waals surface area contributed by atoms with E-state index in [-0.39, 0.29) is 0 Å². The highest BCUT2D eigenvalue weighted by Gasteiger charge is 2.31. The third kappa shape index (κ3) is 5.36. The first-order valence-corrected chi connectivity index (χ1v) is 7.09. The van der Waals surface area contributed by atoms with E-state index in [1.165, 1.54) is 25.7 Å². The summed E-state index contributed by atoms with van der Waals surface area (Å²) in [7, 11) is 1.71. The summed E-state index contributed by atoms with van der Waals surface area (Å²) in [4.78, 5) is 0. The SMILES string of the molecule is CCNC1CCC(CCCOCCOC)C1C. The smallest absolute Gasteiger partial charge is 0.0700 e. The van der Waals surface area contributed by atoms with E-state index in [1.807, 2.05) is 0 Å². The minimum Gasteiger partial charge on any atom is -0.382 e. The Labute approximate surface area is 106 Å². The van der Waals surface area contributed by atoms with Crippen LogP contribution >= 0.6 is 0 Å². The van der Waals surface area contributed by atoms with E-state index in [0.29, 0.717) is 6.61 Å². The molecule has 1 aliphatic rings. The van der Waals surface area contributed by atoms with Crippen LogP contribution in [0.1, 0.15) is 39.5 Å². The summed E-state index contributed by atoms with van der Waals surface area (Å²) in [6.07, 6.45) is 5.24. The van der Waals surface area contributed by atoms with Gasteiger partial charge in [0.25, 0.3) is 0 Å². The minimum atomic E-state index is 0.711. The van der Waals surface area contributed by atoms with Crippen molar-refractivity contribution in [2.45, 2.75) is 45.6 Å². The lowest BCUT2D eigenvalue weighted by Crippen LogP contribution is -2.32. The van der Waals surface area contributed by atoms with Gasteiger partial charge in [0.2, 0.25) is 0 Å². The van der Waals surface area contributed by atoms with Gasteiger partial charge < -0.3 is 14.8 Å².